The van der Waals surface area contributed by atoms with Crippen molar-refractivity contribution in [3.63, 3.8) is 0 Å². The molecule has 1 N–H and O–H groups in total. The lowest BCUT2D eigenvalue weighted by Gasteiger charge is -2.39. The molecule has 2 fully saturated rings. The minimum absolute atomic E-state index is 0.0835. The van der Waals surface area contributed by atoms with Crippen molar-refractivity contribution >= 4 is 6.09 Å². The Hall–Kier alpha value is -0.910. The van der Waals surface area contributed by atoms with Crippen LogP contribution in [0.1, 0.15) is 46.5 Å². The molecular formula is C14H24F2N2O2. The number of carbonyl (C=O) groups is 1. The van der Waals surface area contributed by atoms with Gasteiger partial charge in [-0.25, -0.2) is 13.6 Å². The molecule has 2 unspecified atom stereocenters. The van der Waals surface area contributed by atoms with Gasteiger partial charge in [-0.15, -0.1) is 0 Å². The molecular weight excluding hydrogens is 266 g/mol. The van der Waals surface area contributed by atoms with Crippen molar-refractivity contribution in [2.24, 2.45) is 0 Å². The van der Waals surface area contributed by atoms with Crippen LogP contribution in [0.4, 0.5) is 13.6 Å². The summed E-state index contributed by atoms with van der Waals surface area (Å²) in [6, 6.07) is 0.331. The third-order valence-corrected chi connectivity index (χ3v) is 3.90. The standard InChI is InChI=1S/C14H24F2N2O2/c1-14(2,3)20-13(19)18-10-4-5-11(18)7-9(6-10)17-8-12(15)16/h9-12,17H,4-8H2,1-3H3. The molecule has 2 rings (SSSR count). The van der Waals surface area contributed by atoms with Gasteiger partial charge in [0.05, 0.1) is 6.54 Å². The van der Waals surface area contributed by atoms with E-state index in [-0.39, 0.29) is 30.8 Å². The van der Waals surface area contributed by atoms with Gasteiger partial charge < -0.3 is 15.0 Å². The number of piperidine rings is 1. The van der Waals surface area contributed by atoms with E-state index >= 15 is 0 Å². The lowest BCUT2D eigenvalue weighted by Crippen LogP contribution is -2.53. The van der Waals surface area contributed by atoms with E-state index in [1.165, 1.54) is 0 Å². The molecule has 0 spiro atoms. The SMILES string of the molecule is CC(C)(C)OC(=O)N1C2CCC1CC(NCC(F)F)C2. The van der Waals surface area contributed by atoms with Gasteiger partial charge in [0.2, 0.25) is 0 Å². The molecule has 0 aromatic carbocycles. The fourth-order valence-corrected chi connectivity index (χ4v) is 3.21. The highest BCUT2D eigenvalue weighted by atomic mass is 19.3. The monoisotopic (exact) mass is 290 g/mol. The first-order chi connectivity index (χ1) is 9.26. The number of nitrogens with zero attached hydrogens (tertiary/aromatic N) is 1. The molecule has 20 heavy (non-hydrogen) atoms. The highest BCUT2D eigenvalue weighted by Crippen LogP contribution is 2.36. The maximum Gasteiger partial charge on any atom is 0.410 e. The minimum atomic E-state index is -2.32. The van der Waals surface area contributed by atoms with Crippen LogP contribution < -0.4 is 5.32 Å². The molecule has 2 aliphatic rings. The molecule has 2 aliphatic heterocycles. The highest BCUT2D eigenvalue weighted by molar-refractivity contribution is 5.69. The number of ether oxygens (including phenoxy) is 1. The van der Waals surface area contributed by atoms with Gasteiger partial charge in [-0.3, -0.25) is 0 Å². The molecule has 0 saturated carbocycles. The zero-order valence-corrected chi connectivity index (χ0v) is 12.4. The fraction of sp³-hybridized carbons (Fsp3) is 0.929. The Bertz CT molecular complexity index is 344. The van der Waals surface area contributed by atoms with Crippen molar-refractivity contribution in [1.29, 1.82) is 0 Å². The molecule has 4 nitrogen and oxygen atoms in total. The van der Waals surface area contributed by atoms with Crippen molar-refractivity contribution in [3.05, 3.63) is 0 Å². The molecule has 2 atom stereocenters. The highest BCUT2D eigenvalue weighted by Gasteiger charge is 2.44. The number of hydrogen-bond donors (Lipinski definition) is 1. The molecule has 2 saturated heterocycles. The molecule has 0 radical (unpaired) electrons. The summed E-state index contributed by atoms with van der Waals surface area (Å²) < 4.78 is 29.9. The van der Waals surface area contributed by atoms with Crippen LogP contribution in [0.2, 0.25) is 0 Å². The molecule has 0 aliphatic carbocycles. The fourth-order valence-electron chi connectivity index (χ4n) is 3.21. The van der Waals surface area contributed by atoms with E-state index in [0.29, 0.717) is 0 Å². The van der Waals surface area contributed by atoms with Crippen LogP contribution in [-0.4, -0.2) is 47.7 Å². The summed E-state index contributed by atoms with van der Waals surface area (Å²) in [6.07, 6.45) is 0.771. The number of halogens is 2. The summed E-state index contributed by atoms with van der Waals surface area (Å²) in [5.74, 6) is 0. The van der Waals surface area contributed by atoms with Gasteiger partial charge in [0.15, 0.2) is 0 Å². The largest absolute Gasteiger partial charge is 0.444 e. The first-order valence-electron chi connectivity index (χ1n) is 7.29. The molecule has 116 valence electrons. The summed E-state index contributed by atoms with van der Waals surface area (Å²) in [4.78, 5) is 14.0. The summed E-state index contributed by atoms with van der Waals surface area (Å²) in [6.45, 7) is 5.29. The predicted molar refractivity (Wildman–Crippen MR) is 71.9 cm³/mol. The zero-order chi connectivity index (χ0) is 14.9. The van der Waals surface area contributed by atoms with Crippen LogP contribution in [0.5, 0.6) is 0 Å². The molecule has 2 bridgehead atoms. The summed E-state index contributed by atoms with van der Waals surface area (Å²) in [5, 5.41) is 2.90. The van der Waals surface area contributed by atoms with Crippen molar-refractivity contribution in [2.75, 3.05) is 6.54 Å². The quantitative estimate of drug-likeness (QED) is 0.869. The van der Waals surface area contributed by atoms with Crippen molar-refractivity contribution in [2.45, 2.75) is 76.6 Å². The van der Waals surface area contributed by atoms with Crippen molar-refractivity contribution < 1.29 is 18.3 Å². The molecule has 1 amide bonds. The first-order valence-corrected chi connectivity index (χ1v) is 7.29. The molecule has 0 aromatic heterocycles. The van der Waals surface area contributed by atoms with E-state index in [9.17, 15) is 13.6 Å². The Balaban J connectivity index is 1.91. The zero-order valence-electron chi connectivity index (χ0n) is 12.4. The van der Waals surface area contributed by atoms with Crippen LogP contribution >= 0.6 is 0 Å². The Labute approximate surface area is 118 Å². The second-order valence-corrected chi connectivity index (χ2v) is 6.74. The number of nitrogens with one attached hydrogen (secondary N) is 1. The topological polar surface area (TPSA) is 41.6 Å². The third-order valence-electron chi connectivity index (χ3n) is 3.90. The number of amides is 1. The Kier molecular flexibility index (Phi) is 4.52. The van der Waals surface area contributed by atoms with Gasteiger partial charge in [-0.1, -0.05) is 0 Å². The van der Waals surface area contributed by atoms with Crippen LogP contribution in [0.25, 0.3) is 0 Å². The average molecular weight is 290 g/mol. The van der Waals surface area contributed by atoms with Crippen LogP contribution in [0.3, 0.4) is 0 Å². The summed E-state index contributed by atoms with van der Waals surface area (Å²) in [5.41, 5.74) is -0.499. The van der Waals surface area contributed by atoms with E-state index in [1.807, 2.05) is 25.7 Å². The number of hydrogen-bond acceptors (Lipinski definition) is 3. The molecule has 0 aromatic rings. The minimum Gasteiger partial charge on any atom is -0.444 e. The smallest absolute Gasteiger partial charge is 0.410 e. The predicted octanol–water partition coefficient (Wildman–Crippen LogP) is 2.77. The Morgan fingerprint density at radius 3 is 2.30 bits per heavy atom. The Morgan fingerprint density at radius 2 is 1.85 bits per heavy atom. The van der Waals surface area contributed by atoms with Crippen molar-refractivity contribution in [3.8, 4) is 0 Å². The van der Waals surface area contributed by atoms with Gasteiger partial charge in [0.25, 0.3) is 6.43 Å². The number of carbonyl (C=O) groups excluding carboxylic acids is 1. The van der Waals surface area contributed by atoms with Crippen LogP contribution in [0, 0.1) is 0 Å². The number of alkyl halides is 2. The number of fused-ring (bicyclic) bond motifs is 2. The maximum absolute atomic E-state index is 12.2. The van der Waals surface area contributed by atoms with Crippen LogP contribution in [-0.2, 0) is 4.74 Å². The average Bonchev–Trinajstić information content (AvgIpc) is 2.56. The summed E-state index contributed by atoms with van der Waals surface area (Å²) >= 11 is 0. The van der Waals surface area contributed by atoms with Crippen LogP contribution in [0.15, 0.2) is 0 Å². The van der Waals surface area contributed by atoms with E-state index in [2.05, 4.69) is 5.32 Å². The van der Waals surface area contributed by atoms with Gasteiger partial charge in [0.1, 0.15) is 5.60 Å². The normalized spacial score (nSPS) is 29.9. The van der Waals surface area contributed by atoms with Gasteiger partial charge >= 0.3 is 6.09 Å². The Morgan fingerprint density at radius 1 is 1.30 bits per heavy atom. The van der Waals surface area contributed by atoms with E-state index in [0.717, 1.165) is 25.7 Å². The van der Waals surface area contributed by atoms with E-state index < -0.39 is 12.0 Å². The number of rotatable bonds is 3. The van der Waals surface area contributed by atoms with Gasteiger partial charge in [0, 0.05) is 18.1 Å². The first kappa shape index (κ1) is 15.5. The lowest BCUT2D eigenvalue weighted by atomic mass is 9.98. The summed E-state index contributed by atoms with van der Waals surface area (Å²) in [7, 11) is 0. The van der Waals surface area contributed by atoms with E-state index in [4.69, 9.17) is 4.74 Å². The van der Waals surface area contributed by atoms with E-state index in [1.54, 1.807) is 0 Å². The maximum atomic E-state index is 12.2. The second kappa shape index (κ2) is 5.84. The second-order valence-electron chi connectivity index (χ2n) is 6.74. The lowest BCUT2D eigenvalue weighted by molar-refractivity contribution is 0.00390. The van der Waals surface area contributed by atoms with Gasteiger partial charge in [-0.2, -0.15) is 0 Å². The third kappa shape index (κ3) is 3.81. The van der Waals surface area contributed by atoms with Gasteiger partial charge in [-0.05, 0) is 46.5 Å². The molecule has 6 heteroatoms. The van der Waals surface area contributed by atoms with Crippen molar-refractivity contribution in [1.82, 2.24) is 10.2 Å². The molecule has 2 heterocycles.